The highest BCUT2D eigenvalue weighted by atomic mass is 16.5. The number of aryl methyl sites for hydroxylation is 4. The van der Waals surface area contributed by atoms with Crippen molar-refractivity contribution in [3.05, 3.63) is 41.2 Å². The van der Waals surface area contributed by atoms with Crippen LogP contribution in [0.2, 0.25) is 0 Å². The zero-order valence-corrected chi connectivity index (χ0v) is 15.1. The highest BCUT2D eigenvalue weighted by molar-refractivity contribution is 5.95. The van der Waals surface area contributed by atoms with Crippen molar-refractivity contribution in [1.82, 2.24) is 24.6 Å². The predicted molar refractivity (Wildman–Crippen MR) is 93.4 cm³/mol. The molecule has 2 aromatic heterocycles. The van der Waals surface area contributed by atoms with Crippen LogP contribution in [-0.4, -0.2) is 56.4 Å². The molecule has 1 amide bonds. The first-order valence-electron chi connectivity index (χ1n) is 8.79. The lowest BCUT2D eigenvalue weighted by Gasteiger charge is -2.35. The van der Waals surface area contributed by atoms with Gasteiger partial charge in [-0.2, -0.15) is 5.10 Å². The molecule has 1 aliphatic heterocycles. The number of rotatable bonds is 5. The highest BCUT2D eigenvalue weighted by Crippen LogP contribution is 2.19. The molecule has 0 unspecified atom stereocenters. The lowest BCUT2D eigenvalue weighted by Crippen LogP contribution is -2.49. The van der Waals surface area contributed by atoms with E-state index in [-0.39, 0.29) is 11.9 Å². The van der Waals surface area contributed by atoms with E-state index in [0.29, 0.717) is 25.3 Å². The summed E-state index contributed by atoms with van der Waals surface area (Å²) in [6.45, 7) is 8.37. The minimum absolute atomic E-state index is 0.0429. The molecule has 7 nitrogen and oxygen atoms in total. The Morgan fingerprint density at radius 1 is 1.28 bits per heavy atom. The van der Waals surface area contributed by atoms with E-state index in [9.17, 15) is 4.79 Å². The fourth-order valence-corrected chi connectivity index (χ4v) is 3.19. The van der Waals surface area contributed by atoms with Gasteiger partial charge >= 0.3 is 0 Å². The molecule has 0 saturated carbocycles. The largest absolute Gasteiger partial charge is 0.377 e. The molecular formula is C18H25N5O2. The molecular weight excluding hydrogens is 318 g/mol. The molecule has 134 valence electrons. The number of nitrogens with zero attached hydrogens (tertiary/aromatic N) is 5. The van der Waals surface area contributed by atoms with Crippen LogP contribution in [0.5, 0.6) is 0 Å². The van der Waals surface area contributed by atoms with Crippen LogP contribution < -0.4 is 0 Å². The van der Waals surface area contributed by atoms with E-state index in [1.165, 1.54) is 0 Å². The van der Waals surface area contributed by atoms with Gasteiger partial charge in [-0.1, -0.05) is 0 Å². The minimum atomic E-state index is 0.0429. The van der Waals surface area contributed by atoms with Crippen LogP contribution >= 0.6 is 0 Å². The van der Waals surface area contributed by atoms with Crippen LogP contribution in [0.25, 0.3) is 0 Å². The third-order valence-corrected chi connectivity index (χ3v) is 4.69. The number of hydrogen-bond donors (Lipinski definition) is 0. The molecule has 0 aliphatic carbocycles. The number of ether oxygens (including phenoxy) is 1. The van der Waals surface area contributed by atoms with Gasteiger partial charge in [-0.15, -0.1) is 0 Å². The molecule has 0 radical (unpaired) electrons. The molecule has 0 N–H and O–H groups in total. The molecule has 2 aromatic rings. The Morgan fingerprint density at radius 3 is 2.80 bits per heavy atom. The van der Waals surface area contributed by atoms with Crippen LogP contribution in [0, 0.1) is 13.8 Å². The predicted octanol–water partition coefficient (Wildman–Crippen LogP) is 1.78. The lowest BCUT2D eigenvalue weighted by atomic mass is 10.0. The number of carbonyl (C=O) groups excluding carboxylic acids is 1. The maximum atomic E-state index is 13.0. The second-order valence-corrected chi connectivity index (χ2v) is 6.34. The number of carbonyl (C=O) groups is 1. The first-order valence-corrected chi connectivity index (χ1v) is 8.79. The van der Waals surface area contributed by atoms with Crippen molar-refractivity contribution < 1.29 is 9.53 Å². The second kappa shape index (κ2) is 7.74. The molecule has 1 atom stereocenters. The summed E-state index contributed by atoms with van der Waals surface area (Å²) in [4.78, 5) is 23.6. The summed E-state index contributed by atoms with van der Waals surface area (Å²) in [7, 11) is 0. The van der Waals surface area contributed by atoms with E-state index in [2.05, 4.69) is 15.1 Å². The van der Waals surface area contributed by atoms with Crippen molar-refractivity contribution in [2.45, 2.75) is 46.2 Å². The van der Waals surface area contributed by atoms with Gasteiger partial charge in [0.15, 0.2) is 0 Å². The molecule has 25 heavy (non-hydrogen) atoms. The van der Waals surface area contributed by atoms with Gasteiger partial charge in [0, 0.05) is 31.7 Å². The van der Waals surface area contributed by atoms with Crippen molar-refractivity contribution in [1.29, 1.82) is 0 Å². The normalized spacial score (nSPS) is 17.7. The molecule has 1 fully saturated rings. The first-order chi connectivity index (χ1) is 12.1. The minimum Gasteiger partial charge on any atom is -0.377 e. The Balaban J connectivity index is 1.73. The maximum absolute atomic E-state index is 13.0. The fourth-order valence-electron chi connectivity index (χ4n) is 3.19. The molecule has 0 spiro atoms. The number of aromatic nitrogens is 4. The summed E-state index contributed by atoms with van der Waals surface area (Å²) in [6, 6.07) is 0.0482. The summed E-state index contributed by atoms with van der Waals surface area (Å²) in [5.41, 5.74) is 3.39. The SMILES string of the molecule is CCn1cc(C(=O)N2CCOC[C@@H]2CCc2nccnc2C)c(C)n1. The van der Waals surface area contributed by atoms with Gasteiger partial charge in [0.05, 0.1) is 41.9 Å². The highest BCUT2D eigenvalue weighted by Gasteiger charge is 2.29. The van der Waals surface area contributed by atoms with E-state index in [1.807, 2.05) is 31.9 Å². The summed E-state index contributed by atoms with van der Waals surface area (Å²) in [6.07, 6.45) is 6.85. The van der Waals surface area contributed by atoms with E-state index < -0.39 is 0 Å². The topological polar surface area (TPSA) is 73.1 Å². The first kappa shape index (κ1) is 17.5. The molecule has 1 aliphatic rings. The van der Waals surface area contributed by atoms with Crippen LogP contribution in [0.15, 0.2) is 18.6 Å². The Hall–Kier alpha value is -2.28. The van der Waals surface area contributed by atoms with Crippen molar-refractivity contribution >= 4 is 5.91 Å². The zero-order valence-electron chi connectivity index (χ0n) is 15.1. The van der Waals surface area contributed by atoms with E-state index in [0.717, 1.165) is 36.5 Å². The molecule has 0 bridgehead atoms. The standard InChI is InChI=1S/C18H25N5O2/c1-4-22-11-16(13(2)21-22)18(24)23-9-10-25-12-15(23)5-6-17-14(3)19-7-8-20-17/h7-8,11,15H,4-6,9-10,12H2,1-3H3/t15-/m0/s1. The maximum Gasteiger partial charge on any atom is 0.257 e. The Labute approximate surface area is 148 Å². The van der Waals surface area contributed by atoms with Crippen molar-refractivity contribution in [2.75, 3.05) is 19.8 Å². The monoisotopic (exact) mass is 343 g/mol. The average Bonchev–Trinajstić information content (AvgIpc) is 3.01. The zero-order chi connectivity index (χ0) is 17.8. The third kappa shape index (κ3) is 3.87. The summed E-state index contributed by atoms with van der Waals surface area (Å²) < 4.78 is 7.43. The summed E-state index contributed by atoms with van der Waals surface area (Å²) >= 11 is 0. The van der Waals surface area contributed by atoms with Crippen molar-refractivity contribution in [3.8, 4) is 0 Å². The lowest BCUT2D eigenvalue weighted by molar-refractivity contribution is -0.00418. The van der Waals surface area contributed by atoms with Crippen LogP contribution in [-0.2, 0) is 17.7 Å². The summed E-state index contributed by atoms with van der Waals surface area (Å²) in [5, 5.41) is 4.39. The summed E-state index contributed by atoms with van der Waals surface area (Å²) in [5.74, 6) is 0.0429. The van der Waals surface area contributed by atoms with E-state index >= 15 is 0 Å². The van der Waals surface area contributed by atoms with Gasteiger partial charge in [0.25, 0.3) is 5.91 Å². The fraction of sp³-hybridized carbons (Fsp3) is 0.556. The molecule has 0 aromatic carbocycles. The van der Waals surface area contributed by atoms with Gasteiger partial charge in [-0.25, -0.2) is 0 Å². The average molecular weight is 343 g/mol. The van der Waals surface area contributed by atoms with Crippen molar-refractivity contribution in [3.63, 3.8) is 0 Å². The van der Waals surface area contributed by atoms with Gasteiger partial charge in [-0.05, 0) is 33.6 Å². The molecule has 1 saturated heterocycles. The number of morpholine rings is 1. The Morgan fingerprint density at radius 2 is 2.08 bits per heavy atom. The van der Waals surface area contributed by atoms with Gasteiger partial charge in [-0.3, -0.25) is 19.4 Å². The smallest absolute Gasteiger partial charge is 0.257 e. The molecule has 3 rings (SSSR count). The molecule has 7 heteroatoms. The van der Waals surface area contributed by atoms with Gasteiger partial charge in [0.1, 0.15) is 0 Å². The molecule has 3 heterocycles. The number of hydrogen-bond acceptors (Lipinski definition) is 5. The quantitative estimate of drug-likeness (QED) is 0.827. The second-order valence-electron chi connectivity index (χ2n) is 6.34. The van der Waals surface area contributed by atoms with Gasteiger partial charge in [0.2, 0.25) is 0 Å². The van der Waals surface area contributed by atoms with Crippen LogP contribution in [0.3, 0.4) is 0 Å². The Bertz CT molecular complexity index is 743. The van der Waals surface area contributed by atoms with Gasteiger partial charge < -0.3 is 9.64 Å². The third-order valence-electron chi connectivity index (χ3n) is 4.69. The van der Waals surface area contributed by atoms with Crippen LogP contribution in [0.4, 0.5) is 0 Å². The number of amides is 1. The van der Waals surface area contributed by atoms with E-state index in [1.54, 1.807) is 17.1 Å². The Kier molecular flexibility index (Phi) is 5.43. The van der Waals surface area contributed by atoms with E-state index in [4.69, 9.17) is 4.74 Å². The van der Waals surface area contributed by atoms with Crippen molar-refractivity contribution in [2.24, 2.45) is 0 Å². The van der Waals surface area contributed by atoms with Crippen LogP contribution in [0.1, 0.15) is 40.8 Å².